The van der Waals surface area contributed by atoms with Crippen molar-refractivity contribution in [2.24, 2.45) is 11.8 Å². The van der Waals surface area contributed by atoms with E-state index in [9.17, 15) is 14.4 Å². The van der Waals surface area contributed by atoms with Gasteiger partial charge >= 0.3 is 0 Å². The Kier molecular flexibility index (Phi) is 7.89. The molecule has 9 rings (SSSR count). The molecule has 0 saturated carbocycles. The number of nitrogens with zero attached hydrogens (tertiary/aromatic N) is 1. The summed E-state index contributed by atoms with van der Waals surface area (Å²) in [6.07, 6.45) is 0.111. The number of benzene rings is 5. The van der Waals surface area contributed by atoms with Crippen molar-refractivity contribution in [1.29, 1.82) is 0 Å². The number of hydrogen-bond acceptors (Lipinski definition) is 4. The number of likely N-dealkylation sites (tertiary alicyclic amines) is 1. The molecule has 1 aliphatic heterocycles. The Hall–Kier alpha value is -4.91. The molecule has 1 heterocycles. The van der Waals surface area contributed by atoms with E-state index in [1.54, 1.807) is 24.3 Å². The fourth-order valence-electron chi connectivity index (χ4n) is 8.13. The van der Waals surface area contributed by atoms with Gasteiger partial charge in [-0.3, -0.25) is 19.3 Å². The zero-order valence-electron chi connectivity index (χ0n) is 28.4. The van der Waals surface area contributed by atoms with E-state index in [-0.39, 0.29) is 11.8 Å². The lowest BCUT2D eigenvalue weighted by Gasteiger charge is -2.54. The number of anilines is 1. The highest BCUT2D eigenvalue weighted by atomic mass is 35.5. The fourth-order valence-corrected chi connectivity index (χ4v) is 9.22. The van der Waals surface area contributed by atoms with Crippen molar-refractivity contribution in [2.45, 2.75) is 48.4 Å². The number of nitrogens with one attached hydrogen (secondary N) is 1. The molecule has 6 nitrogen and oxygen atoms in total. The minimum Gasteiger partial charge on any atom is -0.457 e. The van der Waals surface area contributed by atoms with E-state index in [1.165, 1.54) is 5.56 Å². The topological polar surface area (TPSA) is 75.7 Å². The summed E-state index contributed by atoms with van der Waals surface area (Å²) in [4.78, 5) is 42.3. The van der Waals surface area contributed by atoms with Gasteiger partial charge in [0.25, 0.3) is 0 Å². The summed E-state index contributed by atoms with van der Waals surface area (Å²) in [5.41, 5.74) is 5.37. The van der Waals surface area contributed by atoms with Crippen molar-refractivity contribution in [2.75, 3.05) is 5.32 Å². The predicted octanol–water partition coefficient (Wildman–Crippen LogP) is 8.92. The molecule has 51 heavy (non-hydrogen) atoms. The predicted molar refractivity (Wildman–Crippen MR) is 199 cm³/mol. The molecule has 1 N–H and O–H groups in total. The summed E-state index contributed by atoms with van der Waals surface area (Å²) in [7, 11) is 0. The second kappa shape index (κ2) is 12.1. The number of amides is 3. The van der Waals surface area contributed by atoms with Gasteiger partial charge in [0.2, 0.25) is 17.7 Å². The second-order valence-corrected chi connectivity index (χ2v) is 15.8. The SMILES string of the molecule is CC(C)(C)c1ccc(Oc2ccc(NC(=O)[C@H](Cc3ccccc3)N3C(=O)[C@@H]4[C@@H](C3=O)C3(Cl)c5ccccc5C4(Cl)c4ccccc43)cc2)cc1. The minimum absolute atomic E-state index is 0.0332. The van der Waals surface area contributed by atoms with Crippen LogP contribution in [0.1, 0.15) is 54.2 Å². The Balaban J connectivity index is 1.11. The van der Waals surface area contributed by atoms with E-state index in [0.717, 1.165) is 10.5 Å². The number of rotatable bonds is 7. The van der Waals surface area contributed by atoms with Crippen molar-refractivity contribution < 1.29 is 19.1 Å². The Morgan fingerprint density at radius 2 is 1.12 bits per heavy atom. The van der Waals surface area contributed by atoms with E-state index in [2.05, 4.69) is 38.2 Å². The van der Waals surface area contributed by atoms with E-state index in [4.69, 9.17) is 27.9 Å². The van der Waals surface area contributed by atoms with E-state index in [0.29, 0.717) is 39.4 Å². The molecule has 3 aliphatic carbocycles. The molecule has 4 aliphatic rings. The first-order valence-corrected chi connectivity index (χ1v) is 17.9. The fraction of sp³-hybridized carbons (Fsp3) is 0.233. The van der Waals surface area contributed by atoms with Crippen LogP contribution < -0.4 is 10.1 Å². The summed E-state index contributed by atoms with van der Waals surface area (Å²) in [6, 6.07) is 38.2. The summed E-state index contributed by atoms with van der Waals surface area (Å²) in [6.45, 7) is 6.48. The molecule has 0 spiro atoms. The normalized spacial score (nSPS) is 23.7. The molecule has 1 fully saturated rings. The minimum atomic E-state index is -1.34. The van der Waals surface area contributed by atoms with E-state index in [1.807, 2.05) is 91.0 Å². The molecule has 5 aromatic rings. The lowest BCUT2D eigenvalue weighted by atomic mass is 9.54. The van der Waals surface area contributed by atoms with Crippen molar-refractivity contribution in [3.63, 3.8) is 0 Å². The van der Waals surface area contributed by atoms with Crippen LogP contribution in [0.2, 0.25) is 0 Å². The van der Waals surface area contributed by atoms with Crippen LogP contribution in [-0.2, 0) is 36.0 Å². The highest BCUT2D eigenvalue weighted by Gasteiger charge is 2.73. The molecule has 0 aromatic heterocycles. The van der Waals surface area contributed by atoms with Crippen LogP contribution in [0.4, 0.5) is 5.69 Å². The van der Waals surface area contributed by atoms with Crippen molar-refractivity contribution in [3.8, 4) is 11.5 Å². The largest absolute Gasteiger partial charge is 0.457 e. The van der Waals surface area contributed by atoms with Gasteiger partial charge in [-0.1, -0.05) is 112 Å². The Morgan fingerprint density at radius 3 is 1.57 bits per heavy atom. The molecule has 2 bridgehead atoms. The van der Waals surface area contributed by atoms with Crippen LogP contribution in [0.25, 0.3) is 0 Å². The highest BCUT2D eigenvalue weighted by Crippen LogP contribution is 2.69. The van der Waals surface area contributed by atoms with Gasteiger partial charge in [-0.2, -0.15) is 0 Å². The monoisotopic (exact) mass is 714 g/mol. The Morgan fingerprint density at radius 1 is 0.686 bits per heavy atom. The third-order valence-electron chi connectivity index (χ3n) is 10.6. The van der Waals surface area contributed by atoms with Crippen molar-refractivity contribution in [1.82, 2.24) is 4.90 Å². The zero-order valence-corrected chi connectivity index (χ0v) is 29.9. The molecule has 3 amide bonds. The Labute approximate surface area is 307 Å². The van der Waals surface area contributed by atoms with Gasteiger partial charge in [0.05, 0.1) is 11.8 Å². The number of hydrogen-bond donors (Lipinski definition) is 1. The van der Waals surface area contributed by atoms with Crippen LogP contribution in [0.5, 0.6) is 11.5 Å². The highest BCUT2D eigenvalue weighted by molar-refractivity contribution is 6.36. The molecule has 3 atom stereocenters. The molecule has 256 valence electrons. The summed E-state index contributed by atoms with van der Waals surface area (Å²) in [5.74, 6) is -2.23. The first-order chi connectivity index (χ1) is 24.4. The number of carbonyl (C=O) groups excluding carboxylic acids is 3. The van der Waals surface area contributed by atoms with E-state index >= 15 is 0 Å². The number of imide groups is 1. The molecule has 1 saturated heterocycles. The summed E-state index contributed by atoms with van der Waals surface area (Å²) >= 11 is 15.3. The lowest BCUT2D eigenvalue weighted by molar-refractivity contribution is -0.146. The summed E-state index contributed by atoms with van der Waals surface area (Å²) in [5, 5.41) is 2.96. The van der Waals surface area contributed by atoms with Gasteiger partial charge in [0.15, 0.2) is 0 Å². The van der Waals surface area contributed by atoms with Crippen LogP contribution >= 0.6 is 23.2 Å². The zero-order chi connectivity index (χ0) is 35.7. The maximum Gasteiger partial charge on any atom is 0.248 e. The smallest absolute Gasteiger partial charge is 0.248 e. The standard InChI is InChI=1S/C43H36Cl2N2O4/c1-41(2,3)27-17-21-29(22-18-27)51-30-23-19-28(20-24-30)46-38(48)35(25-26-11-5-4-6-12-26)47-39(49)36-37(40(47)50)43(45)32-14-8-7-13-31(32)42(36,44)33-15-9-10-16-34(33)43/h4-24,35-37H,25H2,1-3H3,(H,46,48)/t35-,36-,37-,42?,43?/m0/s1. The average Bonchev–Trinajstić information content (AvgIpc) is 3.41. The number of ether oxygens (including phenoxy) is 1. The molecule has 0 radical (unpaired) electrons. The number of carbonyl (C=O) groups is 3. The van der Waals surface area contributed by atoms with Gasteiger partial charge in [-0.05, 0) is 75.2 Å². The van der Waals surface area contributed by atoms with Gasteiger partial charge in [0, 0.05) is 12.1 Å². The van der Waals surface area contributed by atoms with Crippen molar-refractivity contribution >= 4 is 46.6 Å². The van der Waals surface area contributed by atoms with Gasteiger partial charge in [-0.25, -0.2) is 0 Å². The second-order valence-electron chi connectivity index (χ2n) is 14.6. The molecule has 0 unspecified atom stereocenters. The quantitative estimate of drug-likeness (QED) is 0.135. The first kappa shape index (κ1) is 33.2. The Bertz CT molecular complexity index is 2060. The number of halogens is 2. The molecule has 5 aromatic carbocycles. The van der Waals surface area contributed by atoms with Gasteiger partial charge in [0.1, 0.15) is 27.3 Å². The average molecular weight is 716 g/mol. The van der Waals surface area contributed by atoms with Crippen LogP contribution in [0.15, 0.2) is 127 Å². The van der Waals surface area contributed by atoms with Gasteiger partial charge < -0.3 is 10.1 Å². The summed E-state index contributed by atoms with van der Waals surface area (Å²) < 4.78 is 6.06. The maximum atomic E-state index is 14.8. The van der Waals surface area contributed by atoms with Crippen LogP contribution in [0.3, 0.4) is 0 Å². The number of alkyl halides is 2. The van der Waals surface area contributed by atoms with Crippen LogP contribution in [-0.4, -0.2) is 28.7 Å². The third-order valence-corrected chi connectivity index (χ3v) is 11.9. The van der Waals surface area contributed by atoms with Crippen molar-refractivity contribution in [3.05, 3.63) is 161 Å². The molecule has 8 heteroatoms. The lowest BCUT2D eigenvalue weighted by Crippen LogP contribution is -2.57. The first-order valence-electron chi connectivity index (χ1n) is 17.1. The maximum absolute atomic E-state index is 14.8. The third kappa shape index (κ3) is 5.18. The van der Waals surface area contributed by atoms with Gasteiger partial charge in [-0.15, -0.1) is 23.2 Å². The van der Waals surface area contributed by atoms with E-state index < -0.39 is 45.3 Å². The van der Waals surface area contributed by atoms with Crippen LogP contribution in [0, 0.1) is 11.8 Å². The molecular formula is C43H36Cl2N2O4. The molecular weight excluding hydrogens is 679 g/mol.